The normalized spacial score (nSPS) is 12.7. The number of carbonyl (C=O) groups excluding carboxylic acids is 2. The molecular formula is C14H20N2O2. The Morgan fingerprint density at radius 1 is 1.11 bits per heavy atom. The quantitative estimate of drug-likeness (QED) is 0.861. The smallest absolute Gasteiger partial charge is 0.246 e. The third kappa shape index (κ3) is 4.20. The molecule has 0 fully saturated rings. The van der Waals surface area contributed by atoms with E-state index < -0.39 is 11.5 Å². The summed E-state index contributed by atoms with van der Waals surface area (Å²) in [6, 6.07) is 8.60. The largest absolute Gasteiger partial charge is 0.344 e. The van der Waals surface area contributed by atoms with Crippen LogP contribution in [0.3, 0.4) is 0 Å². The lowest BCUT2D eigenvalue weighted by atomic mass is 9.95. The fraction of sp³-hybridized carbons (Fsp3) is 0.429. The third-order valence-corrected chi connectivity index (χ3v) is 2.46. The van der Waals surface area contributed by atoms with Crippen LogP contribution < -0.4 is 10.6 Å². The van der Waals surface area contributed by atoms with E-state index in [1.165, 1.54) is 0 Å². The van der Waals surface area contributed by atoms with Crippen LogP contribution in [0.1, 0.15) is 27.7 Å². The van der Waals surface area contributed by atoms with Crippen molar-refractivity contribution in [3.05, 3.63) is 30.3 Å². The predicted molar refractivity (Wildman–Crippen MR) is 72.1 cm³/mol. The fourth-order valence-electron chi connectivity index (χ4n) is 1.25. The lowest BCUT2D eigenvalue weighted by molar-refractivity contribution is -0.131. The molecule has 4 nitrogen and oxygen atoms in total. The molecule has 0 spiro atoms. The zero-order valence-corrected chi connectivity index (χ0v) is 11.3. The van der Waals surface area contributed by atoms with E-state index in [0.29, 0.717) is 0 Å². The molecule has 0 radical (unpaired) electrons. The second-order valence-corrected chi connectivity index (χ2v) is 5.30. The molecule has 98 valence electrons. The molecule has 4 heteroatoms. The van der Waals surface area contributed by atoms with Gasteiger partial charge >= 0.3 is 0 Å². The highest BCUT2D eigenvalue weighted by atomic mass is 16.2. The van der Waals surface area contributed by atoms with E-state index in [1.807, 2.05) is 39.0 Å². The van der Waals surface area contributed by atoms with E-state index in [1.54, 1.807) is 19.1 Å². The van der Waals surface area contributed by atoms with Crippen molar-refractivity contribution in [1.29, 1.82) is 0 Å². The first-order chi connectivity index (χ1) is 8.30. The lowest BCUT2D eigenvalue weighted by Crippen LogP contribution is -2.46. The van der Waals surface area contributed by atoms with Crippen LogP contribution in [0.4, 0.5) is 5.69 Å². The molecule has 1 atom stereocenters. The van der Waals surface area contributed by atoms with Crippen LogP contribution in [0.25, 0.3) is 0 Å². The summed E-state index contributed by atoms with van der Waals surface area (Å²) in [5, 5.41) is 5.43. The molecule has 1 aromatic rings. The number of anilines is 1. The Bertz CT molecular complexity index is 421. The van der Waals surface area contributed by atoms with Crippen LogP contribution in [0.15, 0.2) is 30.3 Å². The predicted octanol–water partition coefficient (Wildman–Crippen LogP) is 2.18. The summed E-state index contributed by atoms with van der Waals surface area (Å²) in [4.78, 5) is 23.6. The molecule has 0 saturated heterocycles. The molecule has 0 saturated carbocycles. The number of hydrogen-bond acceptors (Lipinski definition) is 2. The number of amides is 2. The molecule has 0 unspecified atom stereocenters. The van der Waals surface area contributed by atoms with Gasteiger partial charge in [-0.1, -0.05) is 39.0 Å². The molecular weight excluding hydrogens is 228 g/mol. The highest BCUT2D eigenvalue weighted by Gasteiger charge is 2.24. The summed E-state index contributed by atoms with van der Waals surface area (Å²) in [7, 11) is 0. The Hall–Kier alpha value is -1.84. The van der Waals surface area contributed by atoms with Crippen molar-refractivity contribution in [1.82, 2.24) is 5.32 Å². The topological polar surface area (TPSA) is 58.2 Å². The van der Waals surface area contributed by atoms with Gasteiger partial charge in [-0.3, -0.25) is 9.59 Å². The highest BCUT2D eigenvalue weighted by Crippen LogP contribution is 2.13. The van der Waals surface area contributed by atoms with Crippen molar-refractivity contribution in [2.45, 2.75) is 33.7 Å². The Labute approximate surface area is 108 Å². The minimum absolute atomic E-state index is 0.141. The molecule has 1 rings (SSSR count). The van der Waals surface area contributed by atoms with Gasteiger partial charge in [-0.05, 0) is 19.1 Å². The molecule has 18 heavy (non-hydrogen) atoms. The third-order valence-electron chi connectivity index (χ3n) is 2.46. The van der Waals surface area contributed by atoms with Crippen LogP contribution >= 0.6 is 0 Å². The molecule has 0 aliphatic carbocycles. The maximum absolute atomic E-state index is 11.8. The van der Waals surface area contributed by atoms with Gasteiger partial charge < -0.3 is 10.6 Å². The number of carbonyl (C=O) groups is 2. The summed E-state index contributed by atoms with van der Waals surface area (Å²) >= 11 is 0. The van der Waals surface area contributed by atoms with Gasteiger partial charge in [0.1, 0.15) is 6.04 Å². The Kier molecular flexibility index (Phi) is 4.48. The maximum atomic E-state index is 11.8. The van der Waals surface area contributed by atoms with E-state index in [4.69, 9.17) is 0 Å². The fourth-order valence-corrected chi connectivity index (χ4v) is 1.25. The standard InChI is InChI=1S/C14H20N2O2/c1-10(15-13(18)14(2,3)4)12(17)16-11-8-6-5-7-9-11/h5-10H,1-4H3,(H,15,18)(H,16,17)/t10-/m0/s1. The average Bonchev–Trinajstić information content (AvgIpc) is 2.28. The van der Waals surface area contributed by atoms with E-state index in [2.05, 4.69) is 10.6 Å². The van der Waals surface area contributed by atoms with Gasteiger partial charge in [-0.15, -0.1) is 0 Å². The molecule has 0 bridgehead atoms. The highest BCUT2D eigenvalue weighted by molar-refractivity contribution is 5.97. The van der Waals surface area contributed by atoms with Gasteiger partial charge in [0, 0.05) is 11.1 Å². The Balaban J connectivity index is 2.55. The summed E-state index contributed by atoms with van der Waals surface area (Å²) in [5.41, 5.74) is 0.223. The summed E-state index contributed by atoms with van der Waals surface area (Å²) in [6.45, 7) is 7.10. The number of para-hydroxylation sites is 1. The van der Waals surface area contributed by atoms with Crippen LogP contribution in [-0.4, -0.2) is 17.9 Å². The van der Waals surface area contributed by atoms with Gasteiger partial charge in [-0.2, -0.15) is 0 Å². The number of rotatable bonds is 3. The molecule has 2 amide bonds. The van der Waals surface area contributed by atoms with E-state index >= 15 is 0 Å². The van der Waals surface area contributed by atoms with Crippen molar-refractivity contribution >= 4 is 17.5 Å². The molecule has 0 heterocycles. The van der Waals surface area contributed by atoms with E-state index in [9.17, 15) is 9.59 Å². The SMILES string of the molecule is C[C@H](NC(=O)C(C)(C)C)C(=O)Nc1ccccc1. The van der Waals surface area contributed by atoms with Crippen LogP contribution in [-0.2, 0) is 9.59 Å². The summed E-state index contributed by atoms with van der Waals surface area (Å²) < 4.78 is 0. The van der Waals surface area contributed by atoms with Gasteiger partial charge in [0.15, 0.2) is 0 Å². The van der Waals surface area contributed by atoms with Crippen molar-refractivity contribution in [3.8, 4) is 0 Å². The van der Waals surface area contributed by atoms with Crippen molar-refractivity contribution < 1.29 is 9.59 Å². The summed E-state index contributed by atoms with van der Waals surface area (Å²) in [5.74, 6) is -0.364. The van der Waals surface area contributed by atoms with Gasteiger partial charge in [-0.25, -0.2) is 0 Å². The van der Waals surface area contributed by atoms with Crippen LogP contribution in [0.2, 0.25) is 0 Å². The molecule has 1 aromatic carbocycles. The number of nitrogens with one attached hydrogen (secondary N) is 2. The maximum Gasteiger partial charge on any atom is 0.246 e. The molecule has 0 aliphatic rings. The van der Waals surface area contributed by atoms with Crippen molar-refractivity contribution in [2.75, 3.05) is 5.32 Å². The van der Waals surface area contributed by atoms with E-state index in [0.717, 1.165) is 5.69 Å². The first kappa shape index (κ1) is 14.2. The van der Waals surface area contributed by atoms with E-state index in [-0.39, 0.29) is 11.8 Å². The first-order valence-corrected chi connectivity index (χ1v) is 5.97. The molecule has 2 N–H and O–H groups in total. The minimum Gasteiger partial charge on any atom is -0.344 e. The number of hydrogen-bond donors (Lipinski definition) is 2. The van der Waals surface area contributed by atoms with Crippen molar-refractivity contribution in [3.63, 3.8) is 0 Å². The zero-order chi connectivity index (χ0) is 13.8. The van der Waals surface area contributed by atoms with Crippen molar-refractivity contribution in [2.24, 2.45) is 5.41 Å². The molecule has 0 aromatic heterocycles. The van der Waals surface area contributed by atoms with Crippen LogP contribution in [0.5, 0.6) is 0 Å². The second kappa shape index (κ2) is 5.67. The monoisotopic (exact) mass is 248 g/mol. The Morgan fingerprint density at radius 2 is 1.67 bits per heavy atom. The Morgan fingerprint density at radius 3 is 2.17 bits per heavy atom. The zero-order valence-electron chi connectivity index (χ0n) is 11.3. The van der Waals surface area contributed by atoms with Gasteiger partial charge in [0.25, 0.3) is 0 Å². The second-order valence-electron chi connectivity index (χ2n) is 5.30. The van der Waals surface area contributed by atoms with Crippen LogP contribution in [0, 0.1) is 5.41 Å². The molecule has 0 aliphatic heterocycles. The summed E-state index contributed by atoms with van der Waals surface area (Å²) in [6.07, 6.45) is 0. The number of benzene rings is 1. The minimum atomic E-state index is -0.558. The average molecular weight is 248 g/mol. The van der Waals surface area contributed by atoms with Gasteiger partial charge in [0.2, 0.25) is 11.8 Å². The van der Waals surface area contributed by atoms with Gasteiger partial charge in [0.05, 0.1) is 0 Å². The lowest BCUT2D eigenvalue weighted by Gasteiger charge is -2.21. The first-order valence-electron chi connectivity index (χ1n) is 5.97.